The van der Waals surface area contributed by atoms with Gasteiger partial charge in [-0.3, -0.25) is 9.59 Å². The Balaban J connectivity index is 2.22. The average molecular weight is 362 g/mol. The first-order chi connectivity index (χ1) is 12.2. The topological polar surface area (TPSA) is 42.3 Å². The van der Waals surface area contributed by atoms with Gasteiger partial charge < -0.3 is 9.47 Å². The number of hydrogen-bond acceptors (Lipinski definition) is 2. The molecular formula is C19H17F3N2O2. The number of benzene rings is 1. The van der Waals surface area contributed by atoms with Gasteiger partial charge in [0.1, 0.15) is 12.1 Å². The summed E-state index contributed by atoms with van der Waals surface area (Å²) in [6, 6.07) is 9.21. The van der Waals surface area contributed by atoms with Crippen molar-refractivity contribution in [1.29, 1.82) is 0 Å². The molecule has 1 aromatic heterocycles. The number of aryl methyl sites for hydroxylation is 1. The van der Waals surface area contributed by atoms with Crippen molar-refractivity contribution in [2.75, 3.05) is 6.54 Å². The number of amides is 1. The first-order valence-corrected chi connectivity index (χ1v) is 7.76. The Morgan fingerprint density at radius 2 is 1.88 bits per heavy atom. The highest BCUT2D eigenvalue weighted by Crippen LogP contribution is 2.25. The van der Waals surface area contributed by atoms with Crippen molar-refractivity contribution in [1.82, 2.24) is 9.47 Å². The van der Waals surface area contributed by atoms with E-state index in [4.69, 9.17) is 6.42 Å². The molecule has 0 unspecified atom stereocenters. The molecule has 0 bridgehead atoms. The molecule has 0 saturated heterocycles. The van der Waals surface area contributed by atoms with Gasteiger partial charge in [0, 0.05) is 12.7 Å². The summed E-state index contributed by atoms with van der Waals surface area (Å²) < 4.78 is 39.2. The van der Waals surface area contributed by atoms with Crippen molar-refractivity contribution < 1.29 is 18.0 Å². The van der Waals surface area contributed by atoms with Crippen LogP contribution in [0.1, 0.15) is 16.7 Å². The van der Waals surface area contributed by atoms with Crippen LogP contribution in [-0.4, -0.2) is 21.9 Å². The highest BCUT2D eigenvalue weighted by molar-refractivity contribution is 5.76. The lowest BCUT2D eigenvalue weighted by Crippen LogP contribution is -2.37. The molecule has 0 N–H and O–H groups in total. The predicted octanol–water partition coefficient (Wildman–Crippen LogP) is 2.84. The fraction of sp³-hybridized carbons (Fsp3) is 0.263. The number of nitrogens with zero attached hydrogens (tertiary/aromatic N) is 2. The number of alkyl halides is 3. The van der Waals surface area contributed by atoms with E-state index in [1.807, 2.05) is 31.2 Å². The molecule has 0 atom stereocenters. The van der Waals surface area contributed by atoms with Crippen molar-refractivity contribution in [2.45, 2.75) is 26.2 Å². The largest absolute Gasteiger partial charge is 0.421 e. The van der Waals surface area contributed by atoms with Crippen LogP contribution in [0.25, 0.3) is 0 Å². The number of carbonyl (C=O) groups is 1. The summed E-state index contributed by atoms with van der Waals surface area (Å²) in [5.74, 6) is 1.82. The van der Waals surface area contributed by atoms with Crippen LogP contribution in [-0.2, 0) is 24.1 Å². The first-order valence-electron chi connectivity index (χ1n) is 7.76. The summed E-state index contributed by atoms with van der Waals surface area (Å²) in [6.07, 6.45) is 1.66. The highest BCUT2D eigenvalue weighted by Gasteiger charge is 2.34. The molecule has 0 aliphatic carbocycles. The van der Waals surface area contributed by atoms with Gasteiger partial charge in [-0.2, -0.15) is 13.2 Å². The van der Waals surface area contributed by atoms with E-state index in [2.05, 4.69) is 5.92 Å². The van der Waals surface area contributed by atoms with Crippen LogP contribution in [0.15, 0.2) is 47.4 Å². The Bertz CT molecular complexity index is 877. The summed E-state index contributed by atoms with van der Waals surface area (Å²) in [5.41, 5.74) is -0.686. The van der Waals surface area contributed by atoms with Crippen LogP contribution in [0.5, 0.6) is 0 Å². The lowest BCUT2D eigenvalue weighted by Gasteiger charge is -2.21. The summed E-state index contributed by atoms with van der Waals surface area (Å²) in [4.78, 5) is 25.8. The van der Waals surface area contributed by atoms with Crippen molar-refractivity contribution in [3.05, 3.63) is 69.6 Å². The fourth-order valence-corrected chi connectivity index (χ4v) is 2.38. The Kier molecular flexibility index (Phi) is 5.88. The minimum absolute atomic E-state index is 0.0135. The maximum Gasteiger partial charge on any atom is 0.421 e. The second kappa shape index (κ2) is 7.91. The molecule has 4 nitrogen and oxygen atoms in total. The van der Waals surface area contributed by atoms with Gasteiger partial charge in [0.2, 0.25) is 5.91 Å². The molecule has 0 radical (unpaired) electrons. The van der Waals surface area contributed by atoms with Crippen molar-refractivity contribution in [2.24, 2.45) is 0 Å². The molecule has 1 heterocycles. The van der Waals surface area contributed by atoms with Gasteiger partial charge in [-0.1, -0.05) is 35.7 Å². The summed E-state index contributed by atoms with van der Waals surface area (Å²) >= 11 is 0. The zero-order chi connectivity index (χ0) is 19.3. The van der Waals surface area contributed by atoms with Gasteiger partial charge in [-0.25, -0.2) is 0 Å². The number of carbonyl (C=O) groups excluding carboxylic acids is 1. The third-order valence-electron chi connectivity index (χ3n) is 3.76. The molecule has 0 aliphatic rings. The van der Waals surface area contributed by atoms with Gasteiger partial charge in [0.05, 0.1) is 6.54 Å². The molecule has 2 rings (SSSR count). The number of aromatic nitrogens is 1. The van der Waals surface area contributed by atoms with Gasteiger partial charge in [-0.05, 0) is 24.6 Å². The maximum atomic E-state index is 12.8. The van der Waals surface area contributed by atoms with Gasteiger partial charge in [0.15, 0.2) is 0 Å². The molecule has 0 fully saturated rings. The SMILES string of the molecule is C#CCN(Cc1ccc(C)cc1)C(=O)Cn1cccc(C(F)(F)F)c1=O. The molecule has 26 heavy (non-hydrogen) atoms. The van der Waals surface area contributed by atoms with E-state index in [0.29, 0.717) is 6.07 Å². The highest BCUT2D eigenvalue weighted by atomic mass is 19.4. The third kappa shape index (κ3) is 4.76. The van der Waals surface area contributed by atoms with Crippen LogP contribution < -0.4 is 5.56 Å². The van der Waals surface area contributed by atoms with E-state index in [1.165, 1.54) is 4.90 Å². The van der Waals surface area contributed by atoms with E-state index >= 15 is 0 Å². The molecule has 0 spiro atoms. The molecule has 1 amide bonds. The van der Waals surface area contributed by atoms with Crippen LogP contribution in [0.4, 0.5) is 13.2 Å². The summed E-state index contributed by atoms with van der Waals surface area (Å²) in [7, 11) is 0. The van der Waals surface area contributed by atoms with E-state index in [1.54, 1.807) is 0 Å². The molecular weight excluding hydrogens is 345 g/mol. The zero-order valence-corrected chi connectivity index (χ0v) is 14.1. The number of terminal acetylenes is 1. The smallest absolute Gasteiger partial charge is 0.326 e. The Hall–Kier alpha value is -3.01. The van der Waals surface area contributed by atoms with E-state index in [0.717, 1.165) is 28.0 Å². The number of pyridine rings is 1. The summed E-state index contributed by atoms with van der Waals surface area (Å²) in [6.45, 7) is 1.60. The Morgan fingerprint density at radius 3 is 2.46 bits per heavy atom. The standard InChI is InChI=1S/C19H17F3N2O2/c1-3-10-23(12-15-8-6-14(2)7-9-15)17(25)13-24-11-4-5-16(18(24)26)19(20,21)22/h1,4-9,11H,10,12-13H2,2H3. The quantitative estimate of drug-likeness (QED) is 0.768. The normalized spacial score (nSPS) is 11.0. The van der Waals surface area contributed by atoms with Crippen LogP contribution in [0.2, 0.25) is 0 Å². The lowest BCUT2D eigenvalue weighted by atomic mass is 10.1. The number of halogens is 3. The van der Waals surface area contributed by atoms with Crippen LogP contribution in [0, 0.1) is 19.3 Å². The van der Waals surface area contributed by atoms with Crippen molar-refractivity contribution in [3.63, 3.8) is 0 Å². The minimum atomic E-state index is -4.77. The lowest BCUT2D eigenvalue weighted by molar-refractivity contribution is -0.139. The monoisotopic (exact) mass is 362 g/mol. The molecule has 0 aliphatic heterocycles. The van der Waals surface area contributed by atoms with E-state index in [-0.39, 0.29) is 13.1 Å². The van der Waals surface area contributed by atoms with Crippen LogP contribution in [0.3, 0.4) is 0 Å². The first kappa shape index (κ1) is 19.3. The van der Waals surface area contributed by atoms with Gasteiger partial charge in [0.25, 0.3) is 5.56 Å². The average Bonchev–Trinajstić information content (AvgIpc) is 2.57. The van der Waals surface area contributed by atoms with E-state index < -0.39 is 29.8 Å². The van der Waals surface area contributed by atoms with Gasteiger partial charge >= 0.3 is 6.18 Å². The molecule has 1 aromatic carbocycles. The van der Waals surface area contributed by atoms with Gasteiger partial charge in [-0.15, -0.1) is 6.42 Å². The molecule has 0 saturated carbocycles. The second-order valence-electron chi connectivity index (χ2n) is 5.79. The zero-order valence-electron chi connectivity index (χ0n) is 14.1. The molecule has 136 valence electrons. The number of hydrogen-bond donors (Lipinski definition) is 0. The minimum Gasteiger partial charge on any atom is -0.326 e. The Labute approximate surface area is 148 Å². The third-order valence-corrected chi connectivity index (χ3v) is 3.76. The molecule has 2 aromatic rings. The molecule has 7 heteroatoms. The second-order valence-corrected chi connectivity index (χ2v) is 5.79. The van der Waals surface area contributed by atoms with Crippen molar-refractivity contribution in [3.8, 4) is 12.3 Å². The predicted molar refractivity (Wildman–Crippen MR) is 91.1 cm³/mol. The van der Waals surface area contributed by atoms with Crippen LogP contribution >= 0.6 is 0 Å². The fourth-order valence-electron chi connectivity index (χ4n) is 2.38. The van der Waals surface area contributed by atoms with Crippen molar-refractivity contribution >= 4 is 5.91 Å². The Morgan fingerprint density at radius 1 is 1.23 bits per heavy atom. The summed E-state index contributed by atoms with van der Waals surface area (Å²) in [5, 5.41) is 0. The maximum absolute atomic E-state index is 12.8. The van der Waals surface area contributed by atoms with E-state index in [9.17, 15) is 22.8 Å². The number of rotatable bonds is 5.